The van der Waals surface area contributed by atoms with Crippen molar-refractivity contribution in [1.82, 2.24) is 0 Å². The molecule has 0 spiro atoms. The quantitative estimate of drug-likeness (QED) is 0.407. The molecule has 0 nitrogen and oxygen atoms in total. The molecule has 0 aliphatic heterocycles. The molecule has 0 bridgehead atoms. The molecular weight excluding hydrogens is 131 g/mol. The predicted molar refractivity (Wildman–Crippen MR) is 55.8 cm³/mol. The summed E-state index contributed by atoms with van der Waals surface area (Å²) in [5, 5.41) is 0. The van der Waals surface area contributed by atoms with Gasteiger partial charge in [-0.15, -0.1) is 0 Å². The summed E-state index contributed by atoms with van der Waals surface area (Å²) in [5.41, 5.74) is 0. The van der Waals surface area contributed by atoms with E-state index in [-0.39, 0.29) is 0 Å². The largest absolute Gasteiger partial charge is 0.101 e. The van der Waals surface area contributed by atoms with Crippen molar-refractivity contribution in [2.24, 2.45) is 11.8 Å². The third-order valence-corrected chi connectivity index (χ3v) is 2.88. The molecule has 11 heavy (non-hydrogen) atoms. The Morgan fingerprint density at radius 3 is 2.18 bits per heavy atom. The Hall–Kier alpha value is 0.0649. The summed E-state index contributed by atoms with van der Waals surface area (Å²) in [6, 6.07) is 0. The third kappa shape index (κ3) is 5.35. The number of hydrogen-bond donors (Lipinski definition) is 0. The van der Waals surface area contributed by atoms with Crippen LogP contribution in [0.4, 0.5) is 0 Å². The monoisotopic (exact) mass is 154 g/mol. The van der Waals surface area contributed by atoms with Crippen LogP contribution in [0.2, 0.25) is 6.32 Å². The molecule has 0 N–H and O–H groups in total. The fourth-order valence-corrected chi connectivity index (χ4v) is 1.40. The zero-order chi connectivity index (χ0) is 8.69. The molecule has 0 aromatic heterocycles. The van der Waals surface area contributed by atoms with Crippen molar-refractivity contribution in [2.45, 2.75) is 52.8 Å². The van der Waals surface area contributed by atoms with Crippen molar-refractivity contribution >= 4 is 7.85 Å². The first kappa shape index (κ1) is 11.1. The van der Waals surface area contributed by atoms with Crippen LogP contribution in [-0.2, 0) is 0 Å². The van der Waals surface area contributed by atoms with Gasteiger partial charge in [-0.25, -0.2) is 0 Å². The van der Waals surface area contributed by atoms with Gasteiger partial charge < -0.3 is 0 Å². The van der Waals surface area contributed by atoms with Crippen LogP contribution in [0.5, 0.6) is 0 Å². The highest BCUT2D eigenvalue weighted by atomic mass is 14.1. The minimum absolute atomic E-state index is 0.923. The Morgan fingerprint density at radius 1 is 1.09 bits per heavy atom. The average Bonchev–Trinajstić information content (AvgIpc) is 2.03. The Bertz CT molecular complexity index is 80.9. The third-order valence-electron chi connectivity index (χ3n) is 2.88. The number of rotatable bonds is 6. The van der Waals surface area contributed by atoms with Gasteiger partial charge in [0.1, 0.15) is 7.85 Å². The van der Waals surface area contributed by atoms with Gasteiger partial charge in [0, 0.05) is 0 Å². The zero-order valence-corrected chi connectivity index (χ0v) is 8.69. The molecule has 1 unspecified atom stereocenters. The lowest BCUT2D eigenvalue weighted by atomic mass is 9.81. The molecule has 2 atom stereocenters. The van der Waals surface area contributed by atoms with E-state index in [4.69, 9.17) is 0 Å². The highest BCUT2D eigenvalue weighted by Gasteiger charge is 2.08. The van der Waals surface area contributed by atoms with Crippen LogP contribution in [0, 0.1) is 11.8 Å². The maximum atomic E-state index is 2.39. The van der Waals surface area contributed by atoms with Crippen LogP contribution in [-0.4, -0.2) is 7.85 Å². The van der Waals surface area contributed by atoms with Crippen LogP contribution >= 0.6 is 0 Å². The van der Waals surface area contributed by atoms with Gasteiger partial charge in [-0.05, 0) is 11.8 Å². The standard InChI is InChI=1S/C10H23B/c1-4-5-6-7-9(2)10(3)8-11/h9-10H,4-8,11H2,1-3H3/t9-,10?/m0/s1. The van der Waals surface area contributed by atoms with Crippen molar-refractivity contribution in [2.75, 3.05) is 0 Å². The lowest BCUT2D eigenvalue weighted by molar-refractivity contribution is 0.377. The molecule has 0 saturated carbocycles. The zero-order valence-electron chi connectivity index (χ0n) is 8.69. The minimum atomic E-state index is 0.923. The van der Waals surface area contributed by atoms with E-state index in [1.165, 1.54) is 32.0 Å². The summed E-state index contributed by atoms with van der Waals surface area (Å²) in [6.07, 6.45) is 6.98. The maximum Gasteiger partial charge on any atom is 0.101 e. The van der Waals surface area contributed by atoms with Crippen LogP contribution in [0.15, 0.2) is 0 Å². The van der Waals surface area contributed by atoms with Crippen molar-refractivity contribution in [3.63, 3.8) is 0 Å². The minimum Gasteiger partial charge on any atom is -0.0783 e. The molecule has 0 amide bonds. The molecule has 0 radical (unpaired) electrons. The lowest BCUT2D eigenvalue weighted by Gasteiger charge is -2.17. The van der Waals surface area contributed by atoms with Crippen LogP contribution < -0.4 is 0 Å². The lowest BCUT2D eigenvalue weighted by Crippen LogP contribution is -2.06. The SMILES string of the molecule is BCC(C)[C@@H](C)CCCCC. The second kappa shape index (κ2) is 6.76. The molecule has 66 valence electrons. The van der Waals surface area contributed by atoms with E-state index in [2.05, 4.69) is 28.6 Å². The van der Waals surface area contributed by atoms with Gasteiger partial charge in [0.25, 0.3) is 0 Å². The molecular formula is C10H23B. The normalized spacial score (nSPS) is 16.3. The van der Waals surface area contributed by atoms with Gasteiger partial charge in [0.2, 0.25) is 0 Å². The van der Waals surface area contributed by atoms with Crippen LogP contribution in [0.25, 0.3) is 0 Å². The molecule has 0 aromatic rings. The Labute approximate surface area is 73.2 Å². The van der Waals surface area contributed by atoms with Gasteiger partial charge in [0.05, 0.1) is 0 Å². The molecule has 0 rings (SSSR count). The second-order valence-electron chi connectivity index (χ2n) is 3.86. The maximum absolute atomic E-state index is 2.39. The number of unbranched alkanes of at least 4 members (excludes halogenated alkanes) is 2. The molecule has 0 saturated heterocycles. The molecule has 0 fully saturated rings. The van der Waals surface area contributed by atoms with Crippen molar-refractivity contribution in [1.29, 1.82) is 0 Å². The first-order valence-electron chi connectivity index (χ1n) is 5.22. The summed E-state index contributed by atoms with van der Waals surface area (Å²) < 4.78 is 0. The van der Waals surface area contributed by atoms with E-state index in [9.17, 15) is 0 Å². The second-order valence-corrected chi connectivity index (χ2v) is 3.86. The van der Waals surface area contributed by atoms with Crippen LogP contribution in [0.3, 0.4) is 0 Å². The van der Waals surface area contributed by atoms with Gasteiger partial charge in [0.15, 0.2) is 0 Å². The van der Waals surface area contributed by atoms with Crippen molar-refractivity contribution in [3.05, 3.63) is 0 Å². The summed E-state index contributed by atoms with van der Waals surface area (Å²) in [7, 11) is 2.29. The Morgan fingerprint density at radius 2 is 1.73 bits per heavy atom. The summed E-state index contributed by atoms with van der Waals surface area (Å²) in [4.78, 5) is 0. The summed E-state index contributed by atoms with van der Waals surface area (Å²) >= 11 is 0. The van der Waals surface area contributed by atoms with E-state index in [0.717, 1.165) is 11.8 Å². The molecule has 0 aliphatic carbocycles. The molecule has 0 aliphatic rings. The van der Waals surface area contributed by atoms with E-state index < -0.39 is 0 Å². The topological polar surface area (TPSA) is 0 Å². The fourth-order valence-electron chi connectivity index (χ4n) is 1.40. The smallest absolute Gasteiger partial charge is 0.0783 e. The summed E-state index contributed by atoms with van der Waals surface area (Å²) in [5.74, 6) is 1.86. The van der Waals surface area contributed by atoms with Gasteiger partial charge in [-0.1, -0.05) is 52.8 Å². The Kier molecular flexibility index (Phi) is 6.80. The van der Waals surface area contributed by atoms with Crippen molar-refractivity contribution < 1.29 is 0 Å². The molecule has 1 heteroatoms. The highest BCUT2D eigenvalue weighted by Crippen LogP contribution is 2.20. The fraction of sp³-hybridized carbons (Fsp3) is 1.00. The summed E-state index contributed by atoms with van der Waals surface area (Å²) in [6.45, 7) is 7.04. The number of hydrogen-bond acceptors (Lipinski definition) is 0. The van der Waals surface area contributed by atoms with Crippen molar-refractivity contribution in [3.8, 4) is 0 Å². The van der Waals surface area contributed by atoms with E-state index in [0.29, 0.717) is 0 Å². The van der Waals surface area contributed by atoms with E-state index in [1.807, 2.05) is 0 Å². The van der Waals surface area contributed by atoms with E-state index in [1.54, 1.807) is 0 Å². The molecule has 0 aromatic carbocycles. The highest BCUT2D eigenvalue weighted by molar-refractivity contribution is 6.08. The van der Waals surface area contributed by atoms with Gasteiger partial charge in [-0.2, -0.15) is 0 Å². The molecule has 0 heterocycles. The Balaban J connectivity index is 3.28. The average molecular weight is 154 g/mol. The first-order chi connectivity index (χ1) is 5.22. The van der Waals surface area contributed by atoms with Gasteiger partial charge >= 0.3 is 0 Å². The predicted octanol–water partition coefficient (Wildman–Crippen LogP) is 2.89. The first-order valence-corrected chi connectivity index (χ1v) is 5.22. The van der Waals surface area contributed by atoms with Crippen LogP contribution in [0.1, 0.15) is 46.5 Å². The van der Waals surface area contributed by atoms with E-state index >= 15 is 0 Å². The van der Waals surface area contributed by atoms with Gasteiger partial charge in [-0.3, -0.25) is 0 Å².